The summed E-state index contributed by atoms with van der Waals surface area (Å²) in [4.78, 5) is 12.2. The number of carbonyl (C=O) groups is 1. The molecule has 0 aliphatic heterocycles. The third-order valence-corrected chi connectivity index (χ3v) is 3.94. The maximum Gasteiger partial charge on any atom is 0.287 e. The molecular weight excluding hydrogens is 346 g/mol. The van der Waals surface area contributed by atoms with Gasteiger partial charge in [-0.05, 0) is 42.0 Å². The highest BCUT2D eigenvalue weighted by atomic mass is 16.5. The molecule has 140 valence electrons. The summed E-state index contributed by atoms with van der Waals surface area (Å²) in [5.41, 5.74) is 0.968. The lowest BCUT2D eigenvalue weighted by atomic mass is 10.2. The van der Waals surface area contributed by atoms with Crippen molar-refractivity contribution in [2.45, 2.75) is 13.2 Å². The van der Waals surface area contributed by atoms with Crippen molar-refractivity contribution in [1.82, 2.24) is 5.32 Å². The molecule has 1 aromatic heterocycles. The first-order valence-corrected chi connectivity index (χ1v) is 8.45. The average Bonchev–Trinajstić information content (AvgIpc) is 3.20. The van der Waals surface area contributed by atoms with Crippen LogP contribution in [-0.4, -0.2) is 20.1 Å². The molecule has 0 fully saturated rings. The Kier molecular flexibility index (Phi) is 5.99. The van der Waals surface area contributed by atoms with Gasteiger partial charge in [-0.15, -0.1) is 0 Å². The van der Waals surface area contributed by atoms with Crippen molar-refractivity contribution in [2.75, 3.05) is 14.2 Å². The molecule has 1 amide bonds. The van der Waals surface area contributed by atoms with E-state index in [0.717, 1.165) is 11.3 Å². The minimum atomic E-state index is -0.283. The van der Waals surface area contributed by atoms with E-state index in [1.807, 2.05) is 48.5 Å². The fourth-order valence-electron chi connectivity index (χ4n) is 2.48. The zero-order chi connectivity index (χ0) is 19.1. The van der Waals surface area contributed by atoms with Crippen molar-refractivity contribution in [2.24, 2.45) is 0 Å². The fourth-order valence-corrected chi connectivity index (χ4v) is 2.48. The van der Waals surface area contributed by atoms with Crippen LogP contribution in [0.5, 0.6) is 17.2 Å². The van der Waals surface area contributed by atoms with E-state index >= 15 is 0 Å². The number of hydrogen-bond donors (Lipinski definition) is 1. The molecule has 3 rings (SSSR count). The van der Waals surface area contributed by atoms with E-state index in [4.69, 9.17) is 18.6 Å². The molecule has 0 radical (unpaired) electrons. The molecule has 27 heavy (non-hydrogen) atoms. The molecular formula is C21H21NO5. The largest absolute Gasteiger partial charge is 0.497 e. The minimum Gasteiger partial charge on any atom is -0.497 e. The lowest BCUT2D eigenvalue weighted by molar-refractivity contribution is 0.0919. The Morgan fingerprint density at radius 2 is 1.67 bits per heavy atom. The first-order valence-electron chi connectivity index (χ1n) is 8.45. The highest BCUT2D eigenvalue weighted by Gasteiger charge is 2.12. The van der Waals surface area contributed by atoms with Crippen molar-refractivity contribution in [1.29, 1.82) is 0 Å². The Morgan fingerprint density at radius 3 is 2.37 bits per heavy atom. The molecule has 0 saturated carbocycles. The van der Waals surface area contributed by atoms with Crippen molar-refractivity contribution >= 4 is 5.91 Å². The molecule has 1 N–H and O–H groups in total. The van der Waals surface area contributed by atoms with Crippen LogP contribution in [0.4, 0.5) is 0 Å². The normalized spacial score (nSPS) is 10.3. The second kappa shape index (κ2) is 8.80. The van der Waals surface area contributed by atoms with Crippen LogP contribution in [0.1, 0.15) is 21.9 Å². The average molecular weight is 367 g/mol. The zero-order valence-electron chi connectivity index (χ0n) is 15.2. The van der Waals surface area contributed by atoms with Crippen LogP contribution < -0.4 is 19.5 Å². The van der Waals surface area contributed by atoms with E-state index in [2.05, 4.69) is 5.32 Å². The van der Waals surface area contributed by atoms with Gasteiger partial charge in [0, 0.05) is 6.54 Å². The summed E-state index contributed by atoms with van der Waals surface area (Å²) < 4.78 is 21.6. The number of para-hydroxylation sites is 2. The number of carbonyl (C=O) groups excluding carboxylic acids is 1. The van der Waals surface area contributed by atoms with Crippen molar-refractivity contribution < 1.29 is 23.4 Å². The van der Waals surface area contributed by atoms with Crippen LogP contribution in [0.25, 0.3) is 0 Å². The Labute approximate surface area is 157 Å². The Morgan fingerprint density at radius 1 is 0.926 bits per heavy atom. The van der Waals surface area contributed by atoms with Gasteiger partial charge in [0.2, 0.25) is 0 Å². The first-order chi connectivity index (χ1) is 13.2. The van der Waals surface area contributed by atoms with Gasteiger partial charge >= 0.3 is 0 Å². The molecule has 0 unspecified atom stereocenters. The summed E-state index contributed by atoms with van der Waals surface area (Å²) in [6, 6.07) is 18.2. The summed E-state index contributed by atoms with van der Waals surface area (Å²) in [6.07, 6.45) is 0. The molecule has 1 heterocycles. The first kappa shape index (κ1) is 18.4. The van der Waals surface area contributed by atoms with Crippen LogP contribution in [0.15, 0.2) is 65.1 Å². The third-order valence-electron chi connectivity index (χ3n) is 3.94. The highest BCUT2D eigenvalue weighted by Crippen LogP contribution is 2.26. The van der Waals surface area contributed by atoms with Gasteiger partial charge in [0.05, 0.1) is 14.2 Å². The van der Waals surface area contributed by atoms with Gasteiger partial charge in [-0.25, -0.2) is 0 Å². The second-order valence-corrected chi connectivity index (χ2v) is 5.74. The van der Waals surface area contributed by atoms with Crippen molar-refractivity contribution in [3.63, 3.8) is 0 Å². The molecule has 0 aliphatic rings. The maximum absolute atomic E-state index is 12.2. The number of benzene rings is 2. The Balaban J connectivity index is 1.54. The SMILES string of the molecule is COc1ccc(CNC(=O)c2ccc(COc3ccccc3OC)o2)cc1. The number of nitrogens with one attached hydrogen (secondary N) is 1. The smallest absolute Gasteiger partial charge is 0.287 e. The van der Waals surface area contributed by atoms with E-state index in [0.29, 0.717) is 23.8 Å². The molecule has 6 heteroatoms. The lowest BCUT2D eigenvalue weighted by Gasteiger charge is -2.08. The molecule has 0 saturated heterocycles. The van der Waals surface area contributed by atoms with Gasteiger partial charge in [0.15, 0.2) is 17.3 Å². The Hall–Kier alpha value is -3.41. The van der Waals surface area contributed by atoms with Crippen LogP contribution in [0.3, 0.4) is 0 Å². The van der Waals surface area contributed by atoms with Gasteiger partial charge in [-0.1, -0.05) is 24.3 Å². The quantitative estimate of drug-likeness (QED) is 0.656. The predicted molar refractivity (Wildman–Crippen MR) is 100 cm³/mol. The predicted octanol–water partition coefficient (Wildman–Crippen LogP) is 3.81. The van der Waals surface area contributed by atoms with Crippen LogP contribution >= 0.6 is 0 Å². The van der Waals surface area contributed by atoms with E-state index in [-0.39, 0.29) is 18.3 Å². The number of methoxy groups -OCH3 is 2. The molecule has 0 aliphatic carbocycles. The third kappa shape index (κ3) is 4.82. The monoisotopic (exact) mass is 367 g/mol. The Bertz CT molecular complexity index is 886. The molecule has 6 nitrogen and oxygen atoms in total. The van der Waals surface area contributed by atoms with Crippen molar-refractivity contribution in [3.05, 3.63) is 77.7 Å². The number of ether oxygens (including phenoxy) is 3. The zero-order valence-corrected chi connectivity index (χ0v) is 15.2. The molecule has 0 bridgehead atoms. The number of amides is 1. The van der Waals surface area contributed by atoms with E-state index in [1.54, 1.807) is 26.4 Å². The van der Waals surface area contributed by atoms with Crippen LogP contribution in [0.2, 0.25) is 0 Å². The van der Waals surface area contributed by atoms with E-state index in [9.17, 15) is 4.79 Å². The molecule has 0 atom stereocenters. The number of hydrogen-bond acceptors (Lipinski definition) is 5. The minimum absolute atomic E-state index is 0.201. The van der Waals surface area contributed by atoms with Gasteiger partial charge in [-0.3, -0.25) is 4.79 Å². The van der Waals surface area contributed by atoms with E-state index < -0.39 is 0 Å². The van der Waals surface area contributed by atoms with Crippen LogP contribution in [-0.2, 0) is 13.2 Å². The summed E-state index contributed by atoms with van der Waals surface area (Å²) in [5, 5.41) is 2.82. The fraction of sp³-hybridized carbons (Fsp3) is 0.190. The van der Waals surface area contributed by atoms with Crippen molar-refractivity contribution in [3.8, 4) is 17.2 Å². The molecule has 3 aromatic rings. The van der Waals surface area contributed by atoms with Crippen LogP contribution in [0, 0.1) is 0 Å². The van der Waals surface area contributed by atoms with Gasteiger partial charge < -0.3 is 23.9 Å². The lowest BCUT2D eigenvalue weighted by Crippen LogP contribution is -2.22. The number of rotatable bonds is 8. The summed E-state index contributed by atoms with van der Waals surface area (Å²) in [7, 11) is 3.20. The topological polar surface area (TPSA) is 69.9 Å². The highest BCUT2D eigenvalue weighted by molar-refractivity contribution is 5.91. The summed E-state index contributed by atoms with van der Waals surface area (Å²) in [5.74, 6) is 2.53. The number of furan rings is 1. The summed E-state index contributed by atoms with van der Waals surface area (Å²) in [6.45, 7) is 0.600. The molecule has 2 aromatic carbocycles. The standard InChI is InChI=1S/C21H21NO5/c1-24-16-9-7-15(8-10-16)13-22-21(23)20-12-11-17(27-20)14-26-19-6-4-3-5-18(19)25-2/h3-12H,13-14H2,1-2H3,(H,22,23). The van der Waals surface area contributed by atoms with Gasteiger partial charge in [-0.2, -0.15) is 0 Å². The second-order valence-electron chi connectivity index (χ2n) is 5.74. The molecule has 0 spiro atoms. The maximum atomic E-state index is 12.2. The van der Waals surface area contributed by atoms with Gasteiger partial charge in [0.1, 0.15) is 18.1 Å². The van der Waals surface area contributed by atoms with Gasteiger partial charge in [0.25, 0.3) is 5.91 Å². The van der Waals surface area contributed by atoms with E-state index in [1.165, 1.54) is 0 Å². The summed E-state index contributed by atoms with van der Waals surface area (Å²) >= 11 is 0.